The zero-order valence-electron chi connectivity index (χ0n) is 13.3. The van der Waals surface area contributed by atoms with Crippen LogP contribution in [0.1, 0.15) is 18.2 Å². The van der Waals surface area contributed by atoms with Crippen LogP contribution in [-0.4, -0.2) is 23.3 Å². The lowest BCUT2D eigenvalue weighted by Crippen LogP contribution is -2.45. The first-order valence-corrected chi connectivity index (χ1v) is 8.53. The lowest BCUT2D eigenvalue weighted by molar-refractivity contribution is -0.208. The molecule has 2 aromatic rings. The van der Waals surface area contributed by atoms with Crippen LogP contribution < -0.4 is 5.73 Å². The minimum Gasteiger partial charge on any atom is -0.452 e. The highest BCUT2D eigenvalue weighted by Crippen LogP contribution is 2.47. The Bertz CT molecular complexity index is 921. The number of pyridine rings is 1. The third-order valence-corrected chi connectivity index (χ3v) is 5.73. The molecular weight excluding hydrogens is 389 g/mol. The summed E-state index contributed by atoms with van der Waals surface area (Å²) in [5, 5.41) is 0.278. The number of aromatic nitrogens is 1. The van der Waals surface area contributed by atoms with Crippen LogP contribution in [0.15, 0.2) is 29.5 Å². The van der Waals surface area contributed by atoms with Crippen LogP contribution in [0.5, 0.6) is 0 Å². The largest absolute Gasteiger partial charge is 0.452 e. The van der Waals surface area contributed by atoms with E-state index in [9.17, 15) is 13.2 Å². The van der Waals surface area contributed by atoms with Gasteiger partial charge in [0.05, 0.1) is 16.5 Å². The van der Waals surface area contributed by atoms with Crippen molar-refractivity contribution in [2.24, 2.45) is 10.7 Å². The molecule has 3 rings (SSSR count). The molecule has 26 heavy (non-hydrogen) atoms. The minimum absolute atomic E-state index is 0.278. The first kappa shape index (κ1) is 18.5. The van der Waals surface area contributed by atoms with Crippen LogP contribution in [-0.2, 0) is 10.3 Å². The van der Waals surface area contributed by atoms with E-state index < -0.39 is 30.3 Å². The predicted octanol–water partition coefficient (Wildman–Crippen LogP) is 4.90. The SMILES string of the molecule is [C-]#[N+]c1cncc(-c2cc(Cl)c([C@]3(C)C[C@@H](C(F)(F)F)OC(N)=N3)s2)c1. The summed E-state index contributed by atoms with van der Waals surface area (Å²) in [4.78, 5) is 12.5. The highest BCUT2D eigenvalue weighted by atomic mass is 35.5. The molecule has 0 bridgehead atoms. The molecule has 2 atom stereocenters. The molecule has 5 nitrogen and oxygen atoms in total. The van der Waals surface area contributed by atoms with Crippen LogP contribution in [0.25, 0.3) is 15.3 Å². The molecule has 1 aliphatic heterocycles. The Morgan fingerprint density at radius 1 is 1.42 bits per heavy atom. The van der Waals surface area contributed by atoms with Crippen molar-refractivity contribution < 1.29 is 17.9 Å². The van der Waals surface area contributed by atoms with Crippen molar-refractivity contribution in [3.8, 4) is 10.4 Å². The molecule has 0 radical (unpaired) electrons. The van der Waals surface area contributed by atoms with Crippen LogP contribution in [0.2, 0.25) is 5.02 Å². The van der Waals surface area contributed by atoms with Gasteiger partial charge in [-0.2, -0.15) is 13.2 Å². The summed E-state index contributed by atoms with van der Waals surface area (Å²) in [6.45, 7) is 8.59. The highest BCUT2D eigenvalue weighted by Gasteiger charge is 2.50. The topological polar surface area (TPSA) is 64.9 Å². The normalized spacial score (nSPS) is 23.1. The molecule has 2 N–H and O–H groups in total. The second-order valence-electron chi connectivity index (χ2n) is 5.91. The van der Waals surface area contributed by atoms with Gasteiger partial charge in [-0.05, 0) is 24.6 Å². The second kappa shape index (κ2) is 6.45. The molecule has 1 aliphatic rings. The summed E-state index contributed by atoms with van der Waals surface area (Å²) in [5.41, 5.74) is 5.22. The zero-order chi connectivity index (χ0) is 19.1. The fourth-order valence-electron chi connectivity index (χ4n) is 2.69. The van der Waals surface area contributed by atoms with Gasteiger partial charge in [-0.1, -0.05) is 11.6 Å². The number of alkyl halides is 3. The number of hydrogen-bond acceptors (Lipinski definition) is 5. The van der Waals surface area contributed by atoms with E-state index in [0.29, 0.717) is 21.0 Å². The van der Waals surface area contributed by atoms with Crippen molar-refractivity contribution >= 4 is 34.6 Å². The number of nitrogens with zero attached hydrogens (tertiary/aromatic N) is 3. The molecule has 0 saturated heterocycles. The third kappa shape index (κ3) is 3.48. The van der Waals surface area contributed by atoms with Crippen LogP contribution in [0, 0.1) is 6.57 Å². The van der Waals surface area contributed by atoms with Gasteiger partial charge in [-0.25, -0.2) is 9.84 Å². The Balaban J connectivity index is 2.03. The number of halogens is 4. The monoisotopic (exact) mass is 400 g/mol. The molecule has 136 valence electrons. The number of nitrogens with two attached hydrogens (primary N) is 1. The first-order valence-electron chi connectivity index (χ1n) is 7.34. The average molecular weight is 401 g/mol. The number of ether oxygens (including phenoxy) is 1. The highest BCUT2D eigenvalue weighted by molar-refractivity contribution is 7.16. The van der Waals surface area contributed by atoms with E-state index >= 15 is 0 Å². The molecule has 3 heterocycles. The fourth-order valence-corrected chi connectivity index (χ4v) is 4.32. The molecular formula is C16H12ClF3N4OS. The van der Waals surface area contributed by atoms with Gasteiger partial charge in [0.15, 0.2) is 6.10 Å². The maximum atomic E-state index is 13.1. The number of aliphatic imine (C=N–C) groups is 1. The van der Waals surface area contributed by atoms with Crippen molar-refractivity contribution in [1.29, 1.82) is 0 Å². The number of rotatable bonds is 2. The summed E-state index contributed by atoms with van der Waals surface area (Å²) in [6, 6.07) is 2.74. The predicted molar refractivity (Wildman–Crippen MR) is 93.3 cm³/mol. The van der Waals surface area contributed by atoms with Crippen molar-refractivity contribution in [1.82, 2.24) is 4.98 Å². The van der Waals surface area contributed by atoms with E-state index in [1.165, 1.54) is 24.5 Å². The van der Waals surface area contributed by atoms with E-state index in [1.54, 1.807) is 18.3 Å². The Labute approximate surface area is 156 Å². The van der Waals surface area contributed by atoms with Gasteiger partial charge in [0.1, 0.15) is 5.54 Å². The number of thiophene rings is 1. The van der Waals surface area contributed by atoms with E-state index in [0.717, 1.165) is 0 Å². The van der Waals surface area contributed by atoms with Gasteiger partial charge in [0.25, 0.3) is 6.02 Å². The van der Waals surface area contributed by atoms with Crippen molar-refractivity contribution in [2.45, 2.75) is 31.2 Å². The smallest absolute Gasteiger partial charge is 0.425 e. The number of amidine groups is 1. The van der Waals surface area contributed by atoms with Crippen LogP contribution >= 0.6 is 22.9 Å². The molecule has 0 unspecified atom stereocenters. The Hall–Kier alpha value is -2.31. The summed E-state index contributed by atoms with van der Waals surface area (Å²) < 4.78 is 44.0. The van der Waals surface area contributed by atoms with Crippen LogP contribution in [0.4, 0.5) is 18.9 Å². The molecule has 0 aromatic carbocycles. The summed E-state index contributed by atoms with van der Waals surface area (Å²) >= 11 is 7.49. The van der Waals surface area contributed by atoms with E-state index in [2.05, 4.69) is 19.6 Å². The average Bonchev–Trinajstić information content (AvgIpc) is 2.96. The lowest BCUT2D eigenvalue weighted by Gasteiger charge is -2.35. The van der Waals surface area contributed by atoms with E-state index in [4.69, 9.17) is 23.9 Å². The Morgan fingerprint density at radius 3 is 2.81 bits per heavy atom. The maximum Gasteiger partial charge on any atom is 0.425 e. The summed E-state index contributed by atoms with van der Waals surface area (Å²) in [7, 11) is 0. The quantitative estimate of drug-likeness (QED) is 0.729. The van der Waals surface area contributed by atoms with Gasteiger partial charge < -0.3 is 10.5 Å². The van der Waals surface area contributed by atoms with Crippen molar-refractivity contribution in [3.63, 3.8) is 0 Å². The van der Waals surface area contributed by atoms with E-state index in [1.807, 2.05) is 0 Å². The van der Waals surface area contributed by atoms with Gasteiger partial charge in [0.2, 0.25) is 5.69 Å². The van der Waals surface area contributed by atoms with Crippen molar-refractivity contribution in [3.05, 3.63) is 45.8 Å². The minimum atomic E-state index is -4.57. The lowest BCUT2D eigenvalue weighted by atomic mass is 9.92. The molecule has 0 amide bonds. The fraction of sp³-hybridized carbons (Fsp3) is 0.312. The summed E-state index contributed by atoms with van der Waals surface area (Å²) in [6.07, 6.45) is -4.08. The maximum absolute atomic E-state index is 13.1. The summed E-state index contributed by atoms with van der Waals surface area (Å²) in [5.74, 6) is 0. The molecule has 0 aliphatic carbocycles. The standard InChI is InChI=1S/C16H12ClF3N4OS/c1-15(5-12(16(18,19)20)25-14(21)24-15)13-10(17)4-11(26-13)8-3-9(22-2)7-23-6-8/h3-4,6-7,12H,5H2,1H3,(H2,21,24)/t12-,15-/m0/s1. The molecule has 10 heteroatoms. The molecule has 0 saturated carbocycles. The molecule has 0 fully saturated rings. The number of hydrogen-bond donors (Lipinski definition) is 1. The van der Waals surface area contributed by atoms with Crippen molar-refractivity contribution in [2.75, 3.05) is 0 Å². The van der Waals surface area contributed by atoms with E-state index in [-0.39, 0.29) is 5.02 Å². The van der Waals surface area contributed by atoms with Crippen LogP contribution in [0.3, 0.4) is 0 Å². The Morgan fingerprint density at radius 2 is 2.15 bits per heavy atom. The van der Waals surface area contributed by atoms with Gasteiger partial charge in [-0.15, -0.1) is 11.3 Å². The third-order valence-electron chi connectivity index (χ3n) is 3.88. The molecule has 2 aromatic heterocycles. The van der Waals surface area contributed by atoms with Gasteiger partial charge >= 0.3 is 6.18 Å². The second-order valence-corrected chi connectivity index (χ2v) is 7.37. The zero-order valence-corrected chi connectivity index (χ0v) is 14.9. The van der Waals surface area contributed by atoms with Gasteiger partial charge in [-0.3, -0.25) is 4.98 Å². The first-order chi connectivity index (χ1) is 12.1. The molecule has 0 spiro atoms. The van der Waals surface area contributed by atoms with Gasteiger partial charge in [0, 0.05) is 23.7 Å². The Kier molecular flexibility index (Phi) is 4.58.